The zero-order chi connectivity index (χ0) is 22.3. The molecule has 9 heteroatoms. The van der Waals surface area contributed by atoms with Crippen molar-refractivity contribution >= 4 is 66.7 Å². The number of rotatable bonds is 6. The Morgan fingerprint density at radius 1 is 0.968 bits per heavy atom. The molecular weight excluding hydrogens is 459 g/mol. The number of aryl methyl sites for hydroxylation is 1. The third-order valence-corrected chi connectivity index (χ3v) is 7.25. The number of anilines is 1. The van der Waals surface area contributed by atoms with Gasteiger partial charge in [-0.2, -0.15) is 0 Å². The lowest BCUT2D eigenvalue weighted by molar-refractivity contribution is -0.135. The Morgan fingerprint density at radius 2 is 1.61 bits per heavy atom. The Balaban J connectivity index is 1.94. The number of carbonyl (C=O) groups is 1. The maximum Gasteiger partial charge on any atom is 0.324 e. The van der Waals surface area contributed by atoms with Crippen LogP contribution in [0.15, 0.2) is 65.6 Å². The first kappa shape index (κ1) is 21.5. The van der Waals surface area contributed by atoms with Crippen molar-refractivity contribution < 1.29 is 18.3 Å². The predicted octanol–water partition coefficient (Wildman–Crippen LogP) is 5.40. The van der Waals surface area contributed by atoms with Gasteiger partial charge in [0.1, 0.15) is 6.54 Å². The quantitative estimate of drug-likeness (QED) is 0.403. The average molecular weight is 477 g/mol. The van der Waals surface area contributed by atoms with Crippen LogP contribution in [0.4, 0.5) is 5.69 Å². The second kappa shape index (κ2) is 8.07. The van der Waals surface area contributed by atoms with Gasteiger partial charge in [-0.25, -0.2) is 8.42 Å². The number of halogens is 2. The molecule has 31 heavy (non-hydrogen) atoms. The summed E-state index contributed by atoms with van der Waals surface area (Å²) in [5.41, 5.74) is 2.20. The van der Waals surface area contributed by atoms with Crippen molar-refractivity contribution in [2.24, 2.45) is 0 Å². The Morgan fingerprint density at radius 3 is 2.26 bits per heavy atom. The Hall–Kier alpha value is -2.74. The van der Waals surface area contributed by atoms with Crippen LogP contribution in [0.2, 0.25) is 10.0 Å². The van der Waals surface area contributed by atoms with E-state index in [9.17, 15) is 18.3 Å². The summed E-state index contributed by atoms with van der Waals surface area (Å²) < 4.78 is 29.7. The molecule has 1 heterocycles. The standard InChI is InChI=1S/C22H18Cl2N2O4S/c1-2-25-20-6-4-3-5-18(20)19-12-16(7-8-21(19)25)26(13-22(27)28)31(29,30)17-10-14(23)9-15(24)11-17/h3-12H,2,13H2,1H3,(H,27,28). The molecule has 0 radical (unpaired) electrons. The smallest absolute Gasteiger partial charge is 0.324 e. The SMILES string of the molecule is CCn1c2ccccc2c2cc(N(CC(=O)O)S(=O)(=O)c3cc(Cl)cc(Cl)c3)ccc21. The summed E-state index contributed by atoms with van der Waals surface area (Å²) in [7, 11) is -4.24. The van der Waals surface area contributed by atoms with Crippen LogP contribution in [-0.2, 0) is 21.4 Å². The van der Waals surface area contributed by atoms with Gasteiger partial charge in [-0.3, -0.25) is 9.10 Å². The summed E-state index contributed by atoms with van der Waals surface area (Å²) in [4.78, 5) is 11.4. The number of hydrogen-bond acceptors (Lipinski definition) is 3. The lowest BCUT2D eigenvalue weighted by atomic mass is 10.1. The summed E-state index contributed by atoms with van der Waals surface area (Å²) >= 11 is 12.0. The largest absolute Gasteiger partial charge is 0.480 e. The summed E-state index contributed by atoms with van der Waals surface area (Å²) in [6, 6.07) is 16.8. The molecule has 1 N–H and O–H groups in total. The number of para-hydroxylation sites is 1. The van der Waals surface area contributed by atoms with Crippen LogP contribution in [0, 0.1) is 0 Å². The first-order chi connectivity index (χ1) is 14.7. The van der Waals surface area contributed by atoms with E-state index in [1.54, 1.807) is 12.1 Å². The number of fused-ring (bicyclic) bond motifs is 3. The fourth-order valence-corrected chi connectivity index (χ4v) is 5.91. The Kier molecular flexibility index (Phi) is 5.60. The molecule has 0 saturated carbocycles. The Labute approximate surface area is 189 Å². The highest BCUT2D eigenvalue weighted by atomic mass is 35.5. The molecule has 0 bridgehead atoms. The van der Waals surface area contributed by atoms with Gasteiger partial charge < -0.3 is 9.67 Å². The second-order valence-corrected chi connectivity index (χ2v) is 9.71. The number of aromatic nitrogens is 1. The highest BCUT2D eigenvalue weighted by Crippen LogP contribution is 2.34. The van der Waals surface area contributed by atoms with E-state index < -0.39 is 22.5 Å². The van der Waals surface area contributed by atoms with Crippen molar-refractivity contribution in [1.29, 1.82) is 0 Å². The fraction of sp³-hybridized carbons (Fsp3) is 0.136. The molecular formula is C22H18Cl2N2O4S. The van der Waals surface area contributed by atoms with Crippen LogP contribution in [0.25, 0.3) is 21.8 Å². The minimum atomic E-state index is -4.24. The molecule has 0 aliphatic carbocycles. The topological polar surface area (TPSA) is 79.6 Å². The van der Waals surface area contributed by atoms with Crippen LogP contribution in [0.3, 0.4) is 0 Å². The van der Waals surface area contributed by atoms with Gasteiger partial charge in [0.25, 0.3) is 10.0 Å². The molecule has 0 spiro atoms. The molecule has 0 atom stereocenters. The van der Waals surface area contributed by atoms with Crippen LogP contribution in [0.1, 0.15) is 6.92 Å². The molecule has 0 saturated heterocycles. The minimum absolute atomic E-state index is 0.141. The molecule has 4 aromatic rings. The van der Waals surface area contributed by atoms with E-state index in [2.05, 4.69) is 4.57 Å². The van der Waals surface area contributed by atoms with Gasteiger partial charge in [0.05, 0.1) is 10.6 Å². The summed E-state index contributed by atoms with van der Waals surface area (Å²) in [5.74, 6) is -1.28. The fourth-order valence-electron chi connectivity index (χ4n) is 3.78. The van der Waals surface area contributed by atoms with E-state index in [1.807, 2.05) is 37.3 Å². The van der Waals surface area contributed by atoms with Crippen LogP contribution in [0.5, 0.6) is 0 Å². The normalized spacial score (nSPS) is 11.8. The zero-order valence-corrected chi connectivity index (χ0v) is 18.7. The lowest BCUT2D eigenvalue weighted by Crippen LogP contribution is -2.35. The number of nitrogens with zero attached hydrogens (tertiary/aromatic N) is 2. The highest BCUT2D eigenvalue weighted by molar-refractivity contribution is 7.92. The summed E-state index contributed by atoms with van der Waals surface area (Å²) in [5, 5.41) is 11.5. The third-order valence-electron chi connectivity index (χ3n) is 5.06. The number of carboxylic acids is 1. The van der Waals surface area contributed by atoms with Crippen molar-refractivity contribution in [3.05, 3.63) is 70.7 Å². The zero-order valence-electron chi connectivity index (χ0n) is 16.4. The minimum Gasteiger partial charge on any atom is -0.480 e. The first-order valence-electron chi connectivity index (χ1n) is 9.44. The molecule has 0 amide bonds. The van der Waals surface area contributed by atoms with Crippen LogP contribution < -0.4 is 4.31 Å². The molecule has 1 aromatic heterocycles. The Bertz CT molecular complexity index is 1410. The van der Waals surface area contributed by atoms with Gasteiger partial charge in [-0.15, -0.1) is 0 Å². The van der Waals surface area contributed by atoms with E-state index in [4.69, 9.17) is 23.2 Å². The third kappa shape index (κ3) is 3.84. The van der Waals surface area contributed by atoms with Gasteiger partial charge in [-0.05, 0) is 49.4 Å². The van der Waals surface area contributed by atoms with Crippen molar-refractivity contribution in [3.8, 4) is 0 Å². The van der Waals surface area contributed by atoms with Gasteiger partial charge >= 0.3 is 5.97 Å². The first-order valence-corrected chi connectivity index (χ1v) is 11.6. The maximum absolute atomic E-state index is 13.4. The van der Waals surface area contributed by atoms with E-state index in [-0.39, 0.29) is 20.6 Å². The molecule has 3 aromatic carbocycles. The van der Waals surface area contributed by atoms with E-state index in [0.717, 1.165) is 32.7 Å². The van der Waals surface area contributed by atoms with Crippen LogP contribution in [-0.4, -0.2) is 30.6 Å². The molecule has 0 unspecified atom stereocenters. The molecule has 0 fully saturated rings. The molecule has 6 nitrogen and oxygen atoms in total. The van der Waals surface area contributed by atoms with Gasteiger partial charge in [0.15, 0.2) is 0 Å². The molecule has 0 aliphatic heterocycles. The van der Waals surface area contributed by atoms with E-state index >= 15 is 0 Å². The van der Waals surface area contributed by atoms with E-state index in [1.165, 1.54) is 18.2 Å². The van der Waals surface area contributed by atoms with Gasteiger partial charge in [0.2, 0.25) is 0 Å². The average Bonchev–Trinajstić information content (AvgIpc) is 3.04. The van der Waals surface area contributed by atoms with Crippen molar-refractivity contribution in [2.45, 2.75) is 18.4 Å². The van der Waals surface area contributed by atoms with Crippen molar-refractivity contribution in [1.82, 2.24) is 4.57 Å². The van der Waals surface area contributed by atoms with Gasteiger partial charge in [0, 0.05) is 38.4 Å². The number of aliphatic carboxylic acids is 1. The molecule has 0 aliphatic rings. The summed E-state index contributed by atoms with van der Waals surface area (Å²) in [6.45, 7) is 2.02. The van der Waals surface area contributed by atoms with E-state index in [0.29, 0.717) is 0 Å². The summed E-state index contributed by atoms with van der Waals surface area (Å²) in [6.07, 6.45) is 0. The monoisotopic (exact) mass is 476 g/mol. The van der Waals surface area contributed by atoms with Crippen LogP contribution >= 0.6 is 23.2 Å². The van der Waals surface area contributed by atoms with Crippen molar-refractivity contribution in [2.75, 3.05) is 10.8 Å². The molecule has 4 rings (SSSR count). The second-order valence-electron chi connectivity index (χ2n) is 6.97. The highest BCUT2D eigenvalue weighted by Gasteiger charge is 2.28. The number of hydrogen-bond donors (Lipinski definition) is 1. The number of benzene rings is 3. The molecule has 160 valence electrons. The lowest BCUT2D eigenvalue weighted by Gasteiger charge is -2.23. The predicted molar refractivity (Wildman–Crippen MR) is 124 cm³/mol. The van der Waals surface area contributed by atoms with Crippen molar-refractivity contribution in [3.63, 3.8) is 0 Å². The number of sulfonamides is 1. The van der Waals surface area contributed by atoms with Gasteiger partial charge in [-0.1, -0.05) is 41.4 Å². The number of carboxylic acid groups (broad SMARTS) is 1. The maximum atomic E-state index is 13.4.